The molecule has 1 amide bonds. The third-order valence-corrected chi connectivity index (χ3v) is 6.04. The van der Waals surface area contributed by atoms with Gasteiger partial charge in [-0.3, -0.25) is 4.79 Å². The van der Waals surface area contributed by atoms with E-state index in [2.05, 4.69) is 4.90 Å². The Bertz CT molecular complexity index is 1090. The molecule has 0 bridgehead atoms. The molecule has 3 heterocycles. The zero-order valence-corrected chi connectivity index (χ0v) is 18.1. The van der Waals surface area contributed by atoms with Crippen LogP contribution in [0.3, 0.4) is 0 Å². The first-order valence-electron chi connectivity index (χ1n) is 11.0. The van der Waals surface area contributed by atoms with E-state index in [0.717, 1.165) is 73.7 Å². The lowest BCUT2D eigenvalue weighted by Gasteiger charge is -2.24. The number of hydrogen-bond donors (Lipinski definition) is 0. The quantitative estimate of drug-likeness (QED) is 0.632. The van der Waals surface area contributed by atoms with Gasteiger partial charge in [0.05, 0.1) is 16.8 Å². The number of ether oxygens (including phenoxy) is 1. The second-order valence-corrected chi connectivity index (χ2v) is 8.37. The number of nitrogens with zero attached hydrogens (tertiary/aromatic N) is 6. The summed E-state index contributed by atoms with van der Waals surface area (Å²) in [7, 11) is 1.65. The minimum absolute atomic E-state index is 0.261. The number of carbonyl (C=O) groups excluding carboxylic acids is 1. The van der Waals surface area contributed by atoms with E-state index >= 15 is 0 Å². The first-order valence-corrected chi connectivity index (χ1v) is 11.0. The lowest BCUT2D eigenvalue weighted by Crippen LogP contribution is -2.36. The van der Waals surface area contributed by atoms with Gasteiger partial charge in [-0.25, -0.2) is 14.6 Å². The number of aryl methyl sites for hydroxylation is 1. The average Bonchev–Trinajstić information content (AvgIpc) is 3.61. The first kappa shape index (κ1) is 19.9. The number of carbonyl (C=O) groups is 1. The van der Waals surface area contributed by atoms with Crippen molar-refractivity contribution in [2.45, 2.75) is 32.8 Å². The minimum Gasteiger partial charge on any atom is -0.377 e. The van der Waals surface area contributed by atoms with Crippen molar-refractivity contribution in [3.8, 4) is 5.69 Å². The highest BCUT2D eigenvalue weighted by molar-refractivity contribution is 5.91. The van der Waals surface area contributed by atoms with Gasteiger partial charge in [-0.1, -0.05) is 18.2 Å². The Morgan fingerprint density at radius 2 is 1.90 bits per heavy atom. The minimum atomic E-state index is 0.261. The molecule has 8 heteroatoms. The maximum atomic E-state index is 12.6. The summed E-state index contributed by atoms with van der Waals surface area (Å²) in [5.74, 6) is 2.11. The lowest BCUT2D eigenvalue weighted by molar-refractivity contribution is -0.132. The van der Waals surface area contributed by atoms with Gasteiger partial charge in [-0.05, 0) is 38.3 Å². The predicted molar refractivity (Wildman–Crippen MR) is 118 cm³/mol. The first-order chi connectivity index (χ1) is 15.2. The van der Waals surface area contributed by atoms with Crippen LogP contribution in [0, 0.1) is 12.8 Å². The monoisotopic (exact) mass is 420 g/mol. The Morgan fingerprint density at radius 1 is 1.10 bits per heavy atom. The summed E-state index contributed by atoms with van der Waals surface area (Å²) < 4.78 is 7.24. The number of hydrogen-bond acceptors (Lipinski definition) is 6. The highest BCUT2D eigenvalue weighted by atomic mass is 16.5. The molecule has 0 spiro atoms. The highest BCUT2D eigenvalue weighted by Crippen LogP contribution is 2.32. The molecule has 5 rings (SSSR count). The summed E-state index contributed by atoms with van der Waals surface area (Å²) in [5, 5.41) is 5.76. The van der Waals surface area contributed by atoms with Gasteiger partial charge >= 0.3 is 0 Å². The molecule has 0 radical (unpaired) electrons. The number of fused-ring (bicyclic) bond motifs is 1. The number of aromatic nitrogens is 4. The SMILES string of the molecule is COCc1nc(N2CCCN(C(=O)C3CC3)CC2)c2c(C)nn(-c3ccccc3)c2n1. The normalized spacial score (nSPS) is 17.2. The molecule has 0 unspecified atom stereocenters. The van der Waals surface area contributed by atoms with Crippen LogP contribution in [0.15, 0.2) is 30.3 Å². The molecule has 8 nitrogen and oxygen atoms in total. The number of anilines is 1. The van der Waals surface area contributed by atoms with E-state index in [4.69, 9.17) is 19.8 Å². The van der Waals surface area contributed by atoms with E-state index in [9.17, 15) is 4.79 Å². The van der Waals surface area contributed by atoms with E-state index in [1.165, 1.54) is 0 Å². The Hall–Kier alpha value is -3.00. The zero-order chi connectivity index (χ0) is 21.4. The second-order valence-electron chi connectivity index (χ2n) is 8.37. The number of benzene rings is 1. The average molecular weight is 421 g/mol. The van der Waals surface area contributed by atoms with Crippen LogP contribution in [0.4, 0.5) is 5.82 Å². The molecule has 1 saturated carbocycles. The molecule has 0 N–H and O–H groups in total. The fraction of sp³-hybridized carbons (Fsp3) is 0.478. The van der Waals surface area contributed by atoms with E-state index in [1.807, 2.05) is 46.8 Å². The van der Waals surface area contributed by atoms with Crippen molar-refractivity contribution in [3.05, 3.63) is 41.9 Å². The van der Waals surface area contributed by atoms with Gasteiger partial charge in [0.2, 0.25) is 5.91 Å². The molecule has 1 aromatic carbocycles. The van der Waals surface area contributed by atoms with Crippen molar-refractivity contribution in [3.63, 3.8) is 0 Å². The molecule has 0 atom stereocenters. The van der Waals surface area contributed by atoms with Crippen molar-refractivity contribution >= 4 is 22.8 Å². The van der Waals surface area contributed by atoms with Gasteiger partial charge in [-0.2, -0.15) is 5.10 Å². The Labute approximate surface area is 181 Å². The molecule has 1 saturated heterocycles. The van der Waals surface area contributed by atoms with Crippen molar-refractivity contribution in [1.29, 1.82) is 0 Å². The lowest BCUT2D eigenvalue weighted by atomic mass is 10.2. The largest absolute Gasteiger partial charge is 0.377 e. The van der Waals surface area contributed by atoms with E-state index in [0.29, 0.717) is 18.3 Å². The van der Waals surface area contributed by atoms with Crippen molar-refractivity contribution < 1.29 is 9.53 Å². The third-order valence-electron chi connectivity index (χ3n) is 6.04. The molecule has 2 aromatic heterocycles. The summed E-state index contributed by atoms with van der Waals surface area (Å²) >= 11 is 0. The van der Waals surface area contributed by atoms with Crippen LogP contribution in [-0.2, 0) is 16.1 Å². The number of methoxy groups -OCH3 is 1. The van der Waals surface area contributed by atoms with Crippen molar-refractivity contribution in [2.75, 3.05) is 38.2 Å². The molecule has 2 fully saturated rings. The second kappa shape index (κ2) is 8.26. The summed E-state index contributed by atoms with van der Waals surface area (Å²) in [4.78, 5) is 26.6. The van der Waals surface area contributed by atoms with Gasteiger partial charge in [0, 0.05) is 39.2 Å². The van der Waals surface area contributed by atoms with Crippen LogP contribution in [0.5, 0.6) is 0 Å². The predicted octanol–water partition coefficient (Wildman–Crippen LogP) is 2.72. The van der Waals surface area contributed by atoms with Crippen LogP contribution in [-0.4, -0.2) is 63.8 Å². The highest BCUT2D eigenvalue weighted by Gasteiger charge is 2.34. The van der Waals surface area contributed by atoms with Crippen molar-refractivity contribution in [2.24, 2.45) is 5.92 Å². The van der Waals surface area contributed by atoms with E-state index < -0.39 is 0 Å². The maximum Gasteiger partial charge on any atom is 0.225 e. The van der Waals surface area contributed by atoms with Gasteiger partial charge in [0.25, 0.3) is 0 Å². The van der Waals surface area contributed by atoms with E-state index in [-0.39, 0.29) is 5.92 Å². The van der Waals surface area contributed by atoms with E-state index in [1.54, 1.807) is 7.11 Å². The third kappa shape index (κ3) is 3.87. The summed E-state index contributed by atoms with van der Waals surface area (Å²) in [6, 6.07) is 10.0. The fourth-order valence-electron chi connectivity index (χ4n) is 4.32. The molecule has 162 valence electrons. The smallest absolute Gasteiger partial charge is 0.225 e. The van der Waals surface area contributed by atoms with Crippen LogP contribution in [0.1, 0.15) is 30.8 Å². The Kier molecular flexibility index (Phi) is 5.31. The summed E-state index contributed by atoms with van der Waals surface area (Å²) in [6.45, 7) is 5.49. The van der Waals surface area contributed by atoms with Crippen molar-refractivity contribution in [1.82, 2.24) is 24.6 Å². The summed E-state index contributed by atoms with van der Waals surface area (Å²) in [5.41, 5.74) is 2.65. The fourth-order valence-corrected chi connectivity index (χ4v) is 4.32. The molecule has 2 aliphatic rings. The standard InChI is InChI=1S/C23H28N6O2/c1-16-20-21(27-11-6-12-28(14-13-27)23(30)17-9-10-17)24-19(15-31-2)25-22(20)29(26-16)18-7-4-3-5-8-18/h3-5,7-8,17H,6,9-15H2,1-2H3. The van der Waals surface area contributed by atoms with Gasteiger partial charge in [0.1, 0.15) is 12.4 Å². The van der Waals surface area contributed by atoms with Crippen LogP contribution >= 0.6 is 0 Å². The number of para-hydroxylation sites is 1. The molecule has 3 aromatic rings. The van der Waals surface area contributed by atoms with Gasteiger partial charge < -0.3 is 14.5 Å². The molecule has 31 heavy (non-hydrogen) atoms. The van der Waals surface area contributed by atoms with Crippen LogP contribution < -0.4 is 4.90 Å². The van der Waals surface area contributed by atoms with Crippen LogP contribution in [0.2, 0.25) is 0 Å². The topological polar surface area (TPSA) is 76.4 Å². The molecule has 1 aliphatic carbocycles. The molecule has 1 aliphatic heterocycles. The van der Waals surface area contributed by atoms with Gasteiger partial charge in [-0.15, -0.1) is 0 Å². The van der Waals surface area contributed by atoms with Gasteiger partial charge in [0.15, 0.2) is 11.5 Å². The summed E-state index contributed by atoms with van der Waals surface area (Å²) in [6.07, 6.45) is 3.02. The Balaban J connectivity index is 1.54. The Morgan fingerprint density at radius 3 is 2.65 bits per heavy atom. The number of amides is 1. The zero-order valence-electron chi connectivity index (χ0n) is 18.1. The number of rotatable bonds is 5. The maximum absolute atomic E-state index is 12.6. The molecular weight excluding hydrogens is 392 g/mol. The van der Waals surface area contributed by atoms with Crippen LogP contribution in [0.25, 0.3) is 16.7 Å². The molecular formula is C23H28N6O2.